The number of benzene rings is 7. The predicted octanol–water partition coefficient (Wildman–Crippen LogP) is 14.9. The molecule has 10 rings (SSSR count). The molecule has 0 aliphatic heterocycles. The van der Waals surface area contributed by atoms with Gasteiger partial charge in [-0.2, -0.15) is 0 Å². The van der Waals surface area contributed by atoms with Crippen LogP contribution in [0, 0.1) is 0 Å². The molecule has 0 aliphatic rings. The lowest BCUT2D eigenvalue weighted by atomic mass is 9.86. The first kappa shape index (κ1) is 36.3. The van der Waals surface area contributed by atoms with Crippen LogP contribution in [-0.2, 0) is 0 Å². The van der Waals surface area contributed by atoms with E-state index in [1.807, 2.05) is 55.0 Å². The summed E-state index contributed by atoms with van der Waals surface area (Å²) in [7, 11) is 0. The van der Waals surface area contributed by atoms with E-state index in [2.05, 4.69) is 197 Å². The molecule has 0 radical (unpaired) electrons. The minimum absolute atomic E-state index is 0.963. The third-order valence-electron chi connectivity index (χ3n) is 11.1. The van der Waals surface area contributed by atoms with Crippen LogP contribution in [0.4, 0.5) is 0 Å². The Bertz CT molecular complexity index is 2690. The lowest BCUT2D eigenvalue weighted by Gasteiger charge is -2.18. The molecule has 60 heavy (non-hydrogen) atoms. The first-order valence-corrected chi connectivity index (χ1v) is 20.2. The second-order valence-corrected chi connectivity index (χ2v) is 14.8. The Morgan fingerprint density at radius 3 is 0.633 bits per heavy atom. The number of nitrogens with zero attached hydrogens (tertiary/aromatic N) is 3. The highest BCUT2D eigenvalue weighted by Gasteiger charge is 2.17. The van der Waals surface area contributed by atoms with Gasteiger partial charge in [0, 0.05) is 35.3 Å². The molecule has 0 bridgehead atoms. The smallest absolute Gasteiger partial charge is 0.0701 e. The Kier molecular flexibility index (Phi) is 9.97. The van der Waals surface area contributed by atoms with Crippen LogP contribution >= 0.6 is 0 Å². The van der Waals surface area contributed by atoms with Crippen molar-refractivity contribution in [3.05, 3.63) is 237 Å². The molecule has 282 valence electrons. The molecule has 0 unspecified atom stereocenters. The van der Waals surface area contributed by atoms with Crippen LogP contribution in [0.15, 0.2) is 237 Å². The summed E-state index contributed by atoms with van der Waals surface area (Å²) in [6, 6.07) is 77.7. The maximum atomic E-state index is 4.58. The molecule has 10 aromatic rings. The van der Waals surface area contributed by atoms with Crippen molar-refractivity contribution in [2.75, 3.05) is 0 Å². The van der Waals surface area contributed by atoms with Gasteiger partial charge >= 0.3 is 0 Å². The molecule has 0 saturated carbocycles. The van der Waals surface area contributed by atoms with Gasteiger partial charge in [0.05, 0.1) is 17.1 Å². The minimum atomic E-state index is 0.963. The molecule has 0 atom stereocenters. The van der Waals surface area contributed by atoms with Crippen molar-refractivity contribution in [2.45, 2.75) is 0 Å². The van der Waals surface area contributed by atoms with Gasteiger partial charge in [0.25, 0.3) is 0 Å². The highest BCUT2D eigenvalue weighted by Crippen LogP contribution is 2.42. The standard InChI is InChI=1S/C57H39N3/c1-4-16-52(49(13-1)40-22-28-43(29-23-40)55-19-7-10-34-58-55)46-37-47(53-17-5-2-14-50(53)41-24-30-44(31-25-41)56-20-8-11-35-59-56)39-48(38-46)54-18-6-3-15-51(54)42-26-32-45(33-27-42)57-21-9-12-36-60-57/h1-39H. The number of pyridine rings is 3. The molecule has 0 fully saturated rings. The van der Waals surface area contributed by atoms with E-state index in [4.69, 9.17) is 0 Å². The number of hydrogen-bond acceptors (Lipinski definition) is 3. The minimum Gasteiger partial charge on any atom is -0.256 e. The molecule has 0 aliphatic carbocycles. The van der Waals surface area contributed by atoms with Crippen molar-refractivity contribution in [3.63, 3.8) is 0 Å². The van der Waals surface area contributed by atoms with E-state index in [0.29, 0.717) is 0 Å². The largest absolute Gasteiger partial charge is 0.256 e. The van der Waals surface area contributed by atoms with Crippen LogP contribution in [0.25, 0.3) is 101 Å². The van der Waals surface area contributed by atoms with E-state index in [1.54, 1.807) is 0 Å². The van der Waals surface area contributed by atoms with E-state index in [9.17, 15) is 0 Å². The van der Waals surface area contributed by atoms with Gasteiger partial charge in [-0.15, -0.1) is 0 Å². The van der Waals surface area contributed by atoms with Gasteiger partial charge in [-0.3, -0.25) is 15.0 Å². The van der Waals surface area contributed by atoms with Crippen LogP contribution in [0.3, 0.4) is 0 Å². The van der Waals surface area contributed by atoms with Crippen LogP contribution in [0.2, 0.25) is 0 Å². The van der Waals surface area contributed by atoms with Crippen LogP contribution in [0.1, 0.15) is 0 Å². The van der Waals surface area contributed by atoms with Crippen molar-refractivity contribution in [1.82, 2.24) is 15.0 Å². The summed E-state index contributed by atoms with van der Waals surface area (Å²) >= 11 is 0. The van der Waals surface area contributed by atoms with Gasteiger partial charge in [-0.25, -0.2) is 0 Å². The zero-order valence-corrected chi connectivity index (χ0v) is 32.9. The first-order chi connectivity index (χ1) is 29.7. The van der Waals surface area contributed by atoms with Crippen molar-refractivity contribution < 1.29 is 0 Å². The summed E-state index contributed by atoms with van der Waals surface area (Å²) in [5.41, 5.74) is 20.1. The fourth-order valence-corrected chi connectivity index (χ4v) is 8.12. The lowest BCUT2D eigenvalue weighted by Crippen LogP contribution is -1.92. The summed E-state index contributed by atoms with van der Waals surface area (Å²) in [6.45, 7) is 0. The molecule has 3 aromatic heterocycles. The van der Waals surface area contributed by atoms with Crippen molar-refractivity contribution in [3.8, 4) is 101 Å². The zero-order chi connectivity index (χ0) is 40.1. The monoisotopic (exact) mass is 765 g/mol. The highest BCUT2D eigenvalue weighted by atomic mass is 14.7. The fourth-order valence-electron chi connectivity index (χ4n) is 8.12. The van der Waals surface area contributed by atoms with E-state index in [0.717, 1.165) is 67.2 Å². The third-order valence-corrected chi connectivity index (χ3v) is 11.1. The molecule has 3 nitrogen and oxygen atoms in total. The summed E-state index contributed by atoms with van der Waals surface area (Å²) in [5.74, 6) is 0. The normalized spacial score (nSPS) is 11.0. The van der Waals surface area contributed by atoms with Gasteiger partial charge < -0.3 is 0 Å². The SMILES string of the molecule is c1ccc(-c2ccc(-c3ccccc3-c3cc(-c4ccccc4-c4ccc(-c5ccccn5)cc4)cc(-c4ccccc4-c4ccc(-c5ccccn5)cc4)c3)cc2)nc1. The Morgan fingerprint density at radius 2 is 0.400 bits per heavy atom. The third kappa shape index (κ3) is 7.44. The quantitative estimate of drug-likeness (QED) is 0.147. The van der Waals surface area contributed by atoms with Gasteiger partial charge in [0.2, 0.25) is 0 Å². The van der Waals surface area contributed by atoms with Gasteiger partial charge in [-0.1, -0.05) is 164 Å². The molecule has 3 heteroatoms. The van der Waals surface area contributed by atoms with Crippen LogP contribution in [0.5, 0.6) is 0 Å². The Morgan fingerprint density at radius 1 is 0.183 bits per heavy atom. The molecule has 0 spiro atoms. The van der Waals surface area contributed by atoms with E-state index in [-0.39, 0.29) is 0 Å². The molecular weight excluding hydrogens is 727 g/mol. The second-order valence-electron chi connectivity index (χ2n) is 14.8. The molecule has 3 heterocycles. The molecule has 0 amide bonds. The average Bonchev–Trinajstić information content (AvgIpc) is 3.35. The van der Waals surface area contributed by atoms with Gasteiger partial charge in [0.15, 0.2) is 0 Å². The van der Waals surface area contributed by atoms with Crippen molar-refractivity contribution in [1.29, 1.82) is 0 Å². The van der Waals surface area contributed by atoms with E-state index in [1.165, 1.54) is 33.4 Å². The number of hydrogen-bond donors (Lipinski definition) is 0. The van der Waals surface area contributed by atoms with Gasteiger partial charge in [0.1, 0.15) is 0 Å². The Balaban J connectivity index is 1.12. The van der Waals surface area contributed by atoms with E-state index < -0.39 is 0 Å². The summed E-state index contributed by atoms with van der Waals surface area (Å²) < 4.78 is 0. The number of rotatable bonds is 9. The summed E-state index contributed by atoms with van der Waals surface area (Å²) in [4.78, 5) is 13.7. The summed E-state index contributed by atoms with van der Waals surface area (Å²) in [5, 5.41) is 0. The van der Waals surface area contributed by atoms with Crippen molar-refractivity contribution in [2.24, 2.45) is 0 Å². The molecular formula is C57H39N3. The lowest BCUT2D eigenvalue weighted by molar-refractivity contribution is 1.33. The zero-order valence-electron chi connectivity index (χ0n) is 32.9. The maximum absolute atomic E-state index is 4.58. The predicted molar refractivity (Wildman–Crippen MR) is 249 cm³/mol. The first-order valence-electron chi connectivity index (χ1n) is 20.2. The Hall–Kier alpha value is -8.01. The number of aromatic nitrogens is 3. The topological polar surface area (TPSA) is 38.7 Å². The maximum Gasteiger partial charge on any atom is 0.0701 e. The molecule has 7 aromatic carbocycles. The van der Waals surface area contributed by atoms with Gasteiger partial charge in [-0.05, 0) is 121 Å². The van der Waals surface area contributed by atoms with E-state index >= 15 is 0 Å². The highest BCUT2D eigenvalue weighted by molar-refractivity contribution is 5.94. The van der Waals surface area contributed by atoms with Crippen LogP contribution in [-0.4, -0.2) is 15.0 Å². The fraction of sp³-hybridized carbons (Fsp3) is 0. The average molecular weight is 766 g/mol. The molecule has 0 saturated heterocycles. The second kappa shape index (κ2) is 16.5. The van der Waals surface area contributed by atoms with Crippen LogP contribution < -0.4 is 0 Å². The molecule has 0 N–H and O–H groups in total. The van der Waals surface area contributed by atoms with Crippen molar-refractivity contribution >= 4 is 0 Å². The Labute approximate surface area is 351 Å². The summed E-state index contributed by atoms with van der Waals surface area (Å²) in [6.07, 6.45) is 5.52.